The highest BCUT2D eigenvalue weighted by molar-refractivity contribution is 7.90. The van der Waals surface area contributed by atoms with Crippen molar-refractivity contribution in [2.24, 2.45) is 5.73 Å². The fraction of sp³-hybridized carbons (Fsp3) is 1.00. The Labute approximate surface area is 141 Å². The lowest BCUT2D eigenvalue weighted by atomic mass is 10.1. The zero-order chi connectivity index (χ0) is 20.6. The van der Waals surface area contributed by atoms with Crippen molar-refractivity contribution in [1.29, 1.82) is 0 Å². The van der Waals surface area contributed by atoms with Crippen LogP contribution in [0.1, 0.15) is 6.42 Å². The molecule has 1 aliphatic heterocycles. The van der Waals surface area contributed by atoms with Crippen LogP contribution in [0.3, 0.4) is 0 Å². The number of alkyl halides is 9. The van der Waals surface area contributed by atoms with E-state index in [1.165, 1.54) is 0 Å². The van der Waals surface area contributed by atoms with Crippen molar-refractivity contribution in [3.63, 3.8) is 0 Å². The highest BCUT2D eigenvalue weighted by Gasteiger charge is 2.85. The Morgan fingerprint density at radius 1 is 1.04 bits per heavy atom. The Bertz CT molecular complexity index is 594. The van der Waals surface area contributed by atoms with Crippen LogP contribution >= 0.6 is 0 Å². The first kappa shape index (κ1) is 23.2. The number of hydrogen-bond donors (Lipinski definition) is 2. The van der Waals surface area contributed by atoms with Gasteiger partial charge in [-0.1, -0.05) is 0 Å². The lowest BCUT2D eigenvalue weighted by Gasteiger charge is -2.38. The average molecular weight is 427 g/mol. The minimum Gasteiger partial charge on any atom is -0.378 e. The maximum atomic E-state index is 13.6. The minimum absolute atomic E-state index is 0.0663. The topological polar surface area (TPSA) is 84.7 Å². The third-order valence-electron chi connectivity index (χ3n) is 3.42. The Kier molecular flexibility index (Phi) is 6.51. The third kappa shape index (κ3) is 3.88. The van der Waals surface area contributed by atoms with Crippen LogP contribution < -0.4 is 10.6 Å². The molecule has 1 rings (SSSR count). The Balaban J connectivity index is 3.19. The molecule has 1 heterocycles. The number of nitrogens with one attached hydrogen (secondary N) is 1. The fourth-order valence-corrected chi connectivity index (χ4v) is 3.08. The second-order valence-electron chi connectivity index (χ2n) is 5.26. The summed E-state index contributed by atoms with van der Waals surface area (Å²) in [4.78, 5) is 0.939. The van der Waals surface area contributed by atoms with E-state index >= 15 is 0 Å². The van der Waals surface area contributed by atoms with Crippen molar-refractivity contribution in [3.8, 4) is 0 Å². The molecule has 26 heavy (non-hydrogen) atoms. The molecule has 3 N–H and O–H groups in total. The van der Waals surface area contributed by atoms with Gasteiger partial charge < -0.3 is 10.5 Å². The Hall–Kier alpha value is -0.840. The lowest BCUT2D eigenvalue weighted by molar-refractivity contribution is -0.382. The molecule has 1 unspecified atom stereocenters. The van der Waals surface area contributed by atoms with Gasteiger partial charge in [-0.3, -0.25) is 0 Å². The van der Waals surface area contributed by atoms with Gasteiger partial charge >= 0.3 is 23.3 Å². The summed E-state index contributed by atoms with van der Waals surface area (Å²) in [7, 11) is -6.70. The lowest BCUT2D eigenvalue weighted by Crippen LogP contribution is -2.67. The molecule has 6 nitrogen and oxygen atoms in total. The molecule has 1 atom stereocenters. The van der Waals surface area contributed by atoms with E-state index in [2.05, 4.69) is 0 Å². The molecule has 1 fully saturated rings. The Morgan fingerprint density at radius 2 is 1.58 bits per heavy atom. The largest absolute Gasteiger partial charge is 0.460 e. The molecule has 0 aromatic heterocycles. The summed E-state index contributed by atoms with van der Waals surface area (Å²) >= 11 is 0. The molecule has 0 spiro atoms. The summed E-state index contributed by atoms with van der Waals surface area (Å²) < 4.78 is 143. The summed E-state index contributed by atoms with van der Waals surface area (Å²) in [6.45, 7) is -1.07. The van der Waals surface area contributed by atoms with Crippen molar-refractivity contribution >= 4 is 10.0 Å². The normalized spacial score (nSPS) is 21.8. The summed E-state index contributed by atoms with van der Waals surface area (Å²) in [6.07, 6.45) is -7.18. The van der Waals surface area contributed by atoms with Crippen LogP contribution in [-0.4, -0.2) is 69.0 Å². The predicted molar refractivity (Wildman–Crippen MR) is 67.9 cm³/mol. The van der Waals surface area contributed by atoms with E-state index in [0.29, 0.717) is 5.01 Å². The standard InChI is InChI=1S/C10H14F9N3O3S/c11-7(12,9(15,16)17)8(13,14)10(18,19)26(23,24)21-22-3-4-25-5-6(22)1-2-20/h6,21H,1-5,20H2. The average Bonchev–Trinajstić information content (AvgIpc) is 2.47. The molecular weight excluding hydrogens is 413 g/mol. The van der Waals surface area contributed by atoms with Crippen molar-refractivity contribution in [1.82, 2.24) is 9.84 Å². The molecular formula is C10H14F9N3O3S. The third-order valence-corrected chi connectivity index (χ3v) is 4.82. The smallest absolute Gasteiger partial charge is 0.378 e. The number of hydrazine groups is 1. The molecule has 0 amide bonds. The number of sulfonamides is 1. The first-order chi connectivity index (χ1) is 11.5. The first-order valence-electron chi connectivity index (χ1n) is 6.79. The van der Waals surface area contributed by atoms with E-state index in [4.69, 9.17) is 10.5 Å². The first-order valence-corrected chi connectivity index (χ1v) is 8.28. The summed E-state index contributed by atoms with van der Waals surface area (Å²) in [5.74, 6) is -14.6. The van der Waals surface area contributed by atoms with E-state index in [-0.39, 0.29) is 26.2 Å². The predicted octanol–water partition coefficient (Wildman–Crippen LogP) is 1.30. The number of morpholine rings is 1. The van der Waals surface area contributed by atoms with Crippen LogP contribution in [0.2, 0.25) is 0 Å². The number of hydrogen-bond acceptors (Lipinski definition) is 5. The fourth-order valence-electron chi connectivity index (χ4n) is 1.95. The van der Waals surface area contributed by atoms with Crippen LogP contribution in [0.4, 0.5) is 39.5 Å². The molecule has 0 radical (unpaired) electrons. The van der Waals surface area contributed by atoms with E-state index in [1.54, 1.807) is 0 Å². The molecule has 0 aliphatic carbocycles. The van der Waals surface area contributed by atoms with Crippen LogP contribution in [0.25, 0.3) is 0 Å². The summed E-state index contributed by atoms with van der Waals surface area (Å²) in [5.41, 5.74) is 5.19. The molecule has 1 saturated heterocycles. The number of halogens is 9. The number of nitrogens with zero attached hydrogens (tertiary/aromatic N) is 1. The second-order valence-corrected chi connectivity index (χ2v) is 6.96. The highest BCUT2D eigenvalue weighted by Crippen LogP contribution is 2.54. The second kappa shape index (κ2) is 7.29. The van der Waals surface area contributed by atoms with Gasteiger partial charge in [0.1, 0.15) is 0 Å². The zero-order valence-corrected chi connectivity index (χ0v) is 13.5. The maximum absolute atomic E-state index is 13.6. The monoisotopic (exact) mass is 427 g/mol. The van der Waals surface area contributed by atoms with Gasteiger partial charge in [0.2, 0.25) is 0 Å². The van der Waals surface area contributed by atoms with Gasteiger partial charge in [-0.2, -0.15) is 39.5 Å². The van der Waals surface area contributed by atoms with Gasteiger partial charge in [0.15, 0.2) is 0 Å². The maximum Gasteiger partial charge on any atom is 0.460 e. The van der Waals surface area contributed by atoms with Gasteiger partial charge in [-0.25, -0.2) is 13.4 Å². The van der Waals surface area contributed by atoms with Gasteiger partial charge in [0, 0.05) is 6.54 Å². The van der Waals surface area contributed by atoms with Crippen molar-refractivity contribution in [2.45, 2.75) is 35.7 Å². The van der Waals surface area contributed by atoms with Crippen LogP contribution in [0, 0.1) is 0 Å². The van der Waals surface area contributed by atoms with E-state index in [1.807, 2.05) is 0 Å². The highest BCUT2D eigenvalue weighted by atomic mass is 32.2. The van der Waals surface area contributed by atoms with Gasteiger partial charge in [-0.05, 0) is 13.0 Å². The quantitative estimate of drug-likeness (QED) is 0.599. The molecule has 0 aromatic carbocycles. The van der Waals surface area contributed by atoms with Crippen molar-refractivity contribution in [3.05, 3.63) is 0 Å². The van der Waals surface area contributed by atoms with Gasteiger partial charge in [-0.15, -0.1) is 4.83 Å². The van der Waals surface area contributed by atoms with E-state index < -0.39 is 45.9 Å². The van der Waals surface area contributed by atoms with E-state index in [0.717, 1.165) is 4.83 Å². The number of rotatable bonds is 7. The summed E-state index contributed by atoms with van der Waals surface area (Å²) in [5, 5.41) is -6.33. The SMILES string of the molecule is NCCC1COCCN1NS(=O)(=O)C(F)(F)C(F)(F)C(F)(F)C(F)(F)F. The molecule has 16 heteroatoms. The van der Waals surface area contributed by atoms with Crippen LogP contribution in [-0.2, 0) is 14.8 Å². The van der Waals surface area contributed by atoms with Gasteiger partial charge in [0.05, 0.1) is 19.3 Å². The molecule has 0 bridgehead atoms. The van der Waals surface area contributed by atoms with Gasteiger partial charge in [0.25, 0.3) is 10.0 Å². The van der Waals surface area contributed by atoms with E-state index in [9.17, 15) is 47.9 Å². The van der Waals surface area contributed by atoms with Crippen molar-refractivity contribution in [2.75, 3.05) is 26.3 Å². The minimum atomic E-state index is -7.31. The zero-order valence-electron chi connectivity index (χ0n) is 12.7. The number of ether oxygens (including phenoxy) is 1. The molecule has 156 valence electrons. The molecule has 0 aromatic rings. The Morgan fingerprint density at radius 3 is 2.04 bits per heavy atom. The molecule has 0 saturated carbocycles. The van der Waals surface area contributed by atoms with Crippen LogP contribution in [0.15, 0.2) is 0 Å². The number of nitrogens with two attached hydrogens (primary N) is 1. The summed E-state index contributed by atoms with van der Waals surface area (Å²) in [6, 6.07) is -1.02. The van der Waals surface area contributed by atoms with Crippen molar-refractivity contribution < 1.29 is 52.7 Å². The van der Waals surface area contributed by atoms with Crippen LogP contribution in [0.5, 0.6) is 0 Å². The molecule has 1 aliphatic rings.